The fourth-order valence-corrected chi connectivity index (χ4v) is 2.60. The molecular formula is C14H21BrN4. The molecule has 0 aromatic carbocycles. The highest BCUT2D eigenvalue weighted by Crippen LogP contribution is 2.19. The van der Waals surface area contributed by atoms with E-state index in [1.54, 1.807) is 6.20 Å². The Kier molecular flexibility index (Phi) is 5.19. The summed E-state index contributed by atoms with van der Waals surface area (Å²) in [6, 6.07) is 0. The highest BCUT2D eigenvalue weighted by molar-refractivity contribution is 9.10. The number of hydrogen-bond donors (Lipinski definition) is 1. The molecule has 0 radical (unpaired) electrons. The van der Waals surface area contributed by atoms with Crippen molar-refractivity contribution in [3.63, 3.8) is 0 Å². The Morgan fingerprint density at radius 1 is 1.42 bits per heavy atom. The number of fused-ring (bicyclic) bond motifs is 1. The second-order valence-electron chi connectivity index (χ2n) is 4.87. The van der Waals surface area contributed by atoms with Crippen LogP contribution >= 0.6 is 15.9 Å². The minimum Gasteiger partial charge on any atom is -0.367 e. The SMILES string of the molecule is CCCCC(CC)CNc1nc(Br)cn2ccnc12. The van der Waals surface area contributed by atoms with Gasteiger partial charge in [-0.25, -0.2) is 9.97 Å². The molecule has 2 rings (SSSR count). The van der Waals surface area contributed by atoms with Crippen molar-refractivity contribution in [2.24, 2.45) is 5.92 Å². The van der Waals surface area contributed by atoms with Crippen LogP contribution in [0.2, 0.25) is 0 Å². The van der Waals surface area contributed by atoms with Gasteiger partial charge in [-0.2, -0.15) is 0 Å². The molecule has 0 amide bonds. The van der Waals surface area contributed by atoms with Crippen molar-refractivity contribution in [3.8, 4) is 0 Å². The Hall–Kier alpha value is -1.10. The van der Waals surface area contributed by atoms with E-state index in [4.69, 9.17) is 0 Å². The predicted molar refractivity (Wildman–Crippen MR) is 82.5 cm³/mol. The number of nitrogens with one attached hydrogen (secondary N) is 1. The van der Waals surface area contributed by atoms with Crippen LogP contribution < -0.4 is 5.32 Å². The number of nitrogens with zero attached hydrogens (tertiary/aromatic N) is 3. The zero-order chi connectivity index (χ0) is 13.7. The van der Waals surface area contributed by atoms with Gasteiger partial charge in [0.15, 0.2) is 11.5 Å². The lowest BCUT2D eigenvalue weighted by molar-refractivity contribution is 0.472. The van der Waals surface area contributed by atoms with Crippen molar-refractivity contribution in [2.45, 2.75) is 39.5 Å². The maximum atomic E-state index is 4.48. The van der Waals surface area contributed by atoms with E-state index in [1.165, 1.54) is 25.7 Å². The van der Waals surface area contributed by atoms with E-state index >= 15 is 0 Å². The van der Waals surface area contributed by atoms with Crippen LogP contribution in [0.3, 0.4) is 0 Å². The molecule has 0 aliphatic heterocycles. The Bertz CT molecular complexity index is 523. The zero-order valence-electron chi connectivity index (χ0n) is 11.6. The summed E-state index contributed by atoms with van der Waals surface area (Å²) in [4.78, 5) is 8.83. The first-order valence-electron chi connectivity index (χ1n) is 6.97. The molecule has 0 fully saturated rings. The van der Waals surface area contributed by atoms with Crippen LogP contribution in [-0.4, -0.2) is 20.9 Å². The average molecular weight is 325 g/mol. The summed E-state index contributed by atoms with van der Waals surface area (Å²) in [5.41, 5.74) is 0.883. The first-order valence-corrected chi connectivity index (χ1v) is 7.77. The maximum Gasteiger partial charge on any atom is 0.180 e. The van der Waals surface area contributed by atoms with Crippen LogP contribution in [0.15, 0.2) is 23.2 Å². The first-order chi connectivity index (χ1) is 9.24. The number of anilines is 1. The smallest absolute Gasteiger partial charge is 0.180 e. The zero-order valence-corrected chi connectivity index (χ0v) is 13.2. The number of rotatable bonds is 7. The molecule has 1 unspecified atom stereocenters. The minimum atomic E-state index is 0.704. The quantitative estimate of drug-likeness (QED) is 0.833. The number of hydrogen-bond acceptors (Lipinski definition) is 3. The van der Waals surface area contributed by atoms with Gasteiger partial charge in [0.05, 0.1) is 0 Å². The van der Waals surface area contributed by atoms with Gasteiger partial charge in [0, 0.05) is 25.1 Å². The van der Waals surface area contributed by atoms with E-state index in [-0.39, 0.29) is 0 Å². The van der Waals surface area contributed by atoms with Crippen molar-refractivity contribution in [3.05, 3.63) is 23.2 Å². The third-order valence-corrected chi connectivity index (χ3v) is 3.83. The Balaban J connectivity index is 2.06. The summed E-state index contributed by atoms with van der Waals surface area (Å²) in [7, 11) is 0. The fourth-order valence-electron chi connectivity index (χ4n) is 2.20. The molecule has 104 valence electrons. The summed E-state index contributed by atoms with van der Waals surface area (Å²) in [5.74, 6) is 1.56. The van der Waals surface area contributed by atoms with Crippen molar-refractivity contribution in [1.82, 2.24) is 14.4 Å². The van der Waals surface area contributed by atoms with Gasteiger partial charge < -0.3 is 9.72 Å². The molecule has 19 heavy (non-hydrogen) atoms. The summed E-state index contributed by atoms with van der Waals surface area (Å²) >= 11 is 3.43. The molecular weight excluding hydrogens is 304 g/mol. The molecule has 5 heteroatoms. The van der Waals surface area contributed by atoms with Crippen LogP contribution in [0.1, 0.15) is 39.5 Å². The van der Waals surface area contributed by atoms with Gasteiger partial charge in [-0.3, -0.25) is 0 Å². The molecule has 2 aromatic rings. The molecule has 2 heterocycles. The Labute approximate surface area is 122 Å². The van der Waals surface area contributed by atoms with Crippen molar-refractivity contribution < 1.29 is 0 Å². The largest absolute Gasteiger partial charge is 0.367 e. The van der Waals surface area contributed by atoms with E-state index in [0.717, 1.165) is 22.6 Å². The molecule has 1 atom stereocenters. The van der Waals surface area contributed by atoms with Crippen molar-refractivity contribution in [2.75, 3.05) is 11.9 Å². The van der Waals surface area contributed by atoms with E-state index in [1.807, 2.05) is 16.8 Å². The van der Waals surface area contributed by atoms with Gasteiger partial charge >= 0.3 is 0 Å². The van der Waals surface area contributed by atoms with E-state index < -0.39 is 0 Å². The Morgan fingerprint density at radius 3 is 3.00 bits per heavy atom. The molecule has 2 aromatic heterocycles. The number of imidazole rings is 1. The lowest BCUT2D eigenvalue weighted by atomic mass is 9.99. The Morgan fingerprint density at radius 2 is 2.26 bits per heavy atom. The van der Waals surface area contributed by atoms with Gasteiger partial charge in [-0.05, 0) is 28.3 Å². The van der Waals surface area contributed by atoms with Gasteiger partial charge in [-0.15, -0.1) is 0 Å². The first kappa shape index (κ1) is 14.3. The molecule has 0 bridgehead atoms. The number of aromatic nitrogens is 3. The maximum absolute atomic E-state index is 4.48. The molecule has 0 spiro atoms. The van der Waals surface area contributed by atoms with E-state index in [0.29, 0.717) is 5.92 Å². The van der Waals surface area contributed by atoms with E-state index in [2.05, 4.69) is 45.1 Å². The second kappa shape index (κ2) is 6.89. The lowest BCUT2D eigenvalue weighted by Gasteiger charge is -2.16. The molecule has 0 aliphatic carbocycles. The lowest BCUT2D eigenvalue weighted by Crippen LogP contribution is -2.15. The predicted octanol–water partition coefficient (Wildman–Crippen LogP) is 4.12. The number of unbranched alkanes of at least 4 members (excludes halogenated alkanes) is 1. The van der Waals surface area contributed by atoms with E-state index in [9.17, 15) is 0 Å². The standard InChI is InChI=1S/C14H21BrN4/c1-3-5-6-11(4-2)9-17-13-14-16-7-8-19(14)10-12(15)18-13/h7-8,10-11H,3-6,9H2,1-2H3,(H,17,18). The highest BCUT2D eigenvalue weighted by atomic mass is 79.9. The highest BCUT2D eigenvalue weighted by Gasteiger charge is 2.09. The average Bonchev–Trinajstić information content (AvgIpc) is 2.86. The monoisotopic (exact) mass is 324 g/mol. The van der Waals surface area contributed by atoms with Gasteiger partial charge in [-0.1, -0.05) is 33.1 Å². The van der Waals surface area contributed by atoms with Crippen LogP contribution in [0.4, 0.5) is 5.82 Å². The third-order valence-electron chi connectivity index (χ3n) is 3.45. The molecule has 0 aliphatic rings. The van der Waals surface area contributed by atoms with Crippen molar-refractivity contribution >= 4 is 27.4 Å². The van der Waals surface area contributed by atoms with Crippen molar-refractivity contribution in [1.29, 1.82) is 0 Å². The van der Waals surface area contributed by atoms with Crippen LogP contribution in [0.25, 0.3) is 5.65 Å². The van der Waals surface area contributed by atoms with Crippen LogP contribution in [-0.2, 0) is 0 Å². The van der Waals surface area contributed by atoms with Gasteiger partial charge in [0.1, 0.15) is 4.60 Å². The second-order valence-corrected chi connectivity index (χ2v) is 5.68. The summed E-state index contributed by atoms with van der Waals surface area (Å²) in [6.45, 7) is 5.45. The summed E-state index contributed by atoms with van der Waals surface area (Å²) in [6.07, 6.45) is 10.7. The molecule has 1 N–H and O–H groups in total. The summed E-state index contributed by atoms with van der Waals surface area (Å²) < 4.78 is 2.80. The van der Waals surface area contributed by atoms with Gasteiger partial charge in [0.25, 0.3) is 0 Å². The topological polar surface area (TPSA) is 42.2 Å². The molecule has 4 nitrogen and oxygen atoms in total. The molecule has 0 saturated carbocycles. The number of halogens is 1. The van der Waals surface area contributed by atoms with Crippen LogP contribution in [0.5, 0.6) is 0 Å². The minimum absolute atomic E-state index is 0.704. The van der Waals surface area contributed by atoms with Crippen LogP contribution in [0, 0.1) is 5.92 Å². The summed E-state index contributed by atoms with van der Waals surface area (Å²) in [5, 5.41) is 3.45. The third kappa shape index (κ3) is 3.69. The normalized spacial score (nSPS) is 12.8. The van der Waals surface area contributed by atoms with Gasteiger partial charge in [0.2, 0.25) is 0 Å². The fraction of sp³-hybridized carbons (Fsp3) is 0.571. The molecule has 0 saturated heterocycles.